The lowest BCUT2D eigenvalue weighted by atomic mass is 9.73. The minimum Gasteiger partial charge on any atom is -0.471 e. The Kier molecular flexibility index (Phi) is 5.93. The zero-order valence-electron chi connectivity index (χ0n) is 20.5. The SMILES string of the molecule is CC(O)C(CN[C@H]1CC2(CCC2)Oc2ncc(CC(C)(C)C)cc21)Nc1nccn2cnnc12. The van der Waals surface area contributed by atoms with E-state index in [0.29, 0.717) is 18.0 Å². The molecule has 182 valence electrons. The second-order valence-electron chi connectivity index (χ2n) is 11.1. The first-order valence-electron chi connectivity index (χ1n) is 12.2. The molecule has 3 aromatic heterocycles. The van der Waals surface area contributed by atoms with Gasteiger partial charge in [0.1, 0.15) is 11.9 Å². The van der Waals surface area contributed by atoms with Gasteiger partial charge >= 0.3 is 0 Å². The van der Waals surface area contributed by atoms with Gasteiger partial charge in [0.05, 0.1) is 12.1 Å². The van der Waals surface area contributed by atoms with Gasteiger partial charge in [-0.2, -0.15) is 0 Å². The van der Waals surface area contributed by atoms with Crippen LogP contribution in [0.2, 0.25) is 0 Å². The molecule has 2 aliphatic rings. The molecular weight excluding hydrogens is 430 g/mol. The minimum absolute atomic E-state index is 0.108. The molecule has 0 aromatic carbocycles. The molecule has 3 N–H and O–H groups in total. The van der Waals surface area contributed by atoms with Gasteiger partial charge in [0.2, 0.25) is 11.5 Å². The molecule has 0 bridgehead atoms. The number of hydrogen-bond acceptors (Lipinski definition) is 8. The van der Waals surface area contributed by atoms with Gasteiger partial charge in [-0.05, 0) is 49.7 Å². The number of nitrogens with zero attached hydrogens (tertiary/aromatic N) is 5. The van der Waals surface area contributed by atoms with Gasteiger partial charge in [0, 0.05) is 43.2 Å². The number of hydrogen-bond donors (Lipinski definition) is 3. The van der Waals surface area contributed by atoms with Crippen LogP contribution in [-0.2, 0) is 6.42 Å². The maximum Gasteiger partial charge on any atom is 0.218 e. The predicted octanol–water partition coefficient (Wildman–Crippen LogP) is 3.31. The van der Waals surface area contributed by atoms with Gasteiger partial charge in [-0.1, -0.05) is 20.8 Å². The zero-order valence-corrected chi connectivity index (χ0v) is 20.5. The third-order valence-electron chi connectivity index (χ3n) is 6.90. The number of nitrogens with one attached hydrogen (secondary N) is 2. The molecular formula is C25H35N7O2. The number of fused-ring (bicyclic) bond motifs is 2. The van der Waals surface area contributed by atoms with Gasteiger partial charge in [0.25, 0.3) is 0 Å². The Balaban J connectivity index is 1.36. The number of ether oxygens (including phenoxy) is 1. The van der Waals surface area contributed by atoms with Crippen LogP contribution in [-0.4, -0.2) is 54.0 Å². The summed E-state index contributed by atoms with van der Waals surface area (Å²) in [5.41, 5.74) is 3.03. The van der Waals surface area contributed by atoms with Crippen LogP contribution in [0.4, 0.5) is 5.82 Å². The number of aromatic nitrogens is 5. The molecule has 1 fully saturated rings. The Bertz CT molecular complexity index is 1150. The Hall–Kier alpha value is -2.78. The summed E-state index contributed by atoms with van der Waals surface area (Å²) in [4.78, 5) is 9.15. The summed E-state index contributed by atoms with van der Waals surface area (Å²) >= 11 is 0. The van der Waals surface area contributed by atoms with Crippen molar-refractivity contribution in [3.63, 3.8) is 0 Å². The van der Waals surface area contributed by atoms with Gasteiger partial charge in [-0.25, -0.2) is 9.97 Å². The summed E-state index contributed by atoms with van der Waals surface area (Å²) in [7, 11) is 0. The molecule has 2 unspecified atom stereocenters. The van der Waals surface area contributed by atoms with Crippen molar-refractivity contribution in [3.8, 4) is 5.88 Å². The molecule has 1 aliphatic heterocycles. The fraction of sp³-hybridized carbons (Fsp3) is 0.600. The van der Waals surface area contributed by atoms with Crippen LogP contribution < -0.4 is 15.4 Å². The summed E-state index contributed by atoms with van der Waals surface area (Å²) in [6, 6.07) is 2.10. The molecule has 9 heteroatoms. The first kappa shape index (κ1) is 23.0. The summed E-state index contributed by atoms with van der Waals surface area (Å²) in [6.45, 7) is 9.07. The molecule has 3 atom stereocenters. The summed E-state index contributed by atoms with van der Waals surface area (Å²) in [5, 5.41) is 25.7. The second-order valence-corrected chi connectivity index (χ2v) is 11.1. The van der Waals surface area contributed by atoms with Crippen molar-refractivity contribution < 1.29 is 9.84 Å². The highest BCUT2D eigenvalue weighted by Gasteiger charge is 2.46. The number of aliphatic hydroxyl groups excluding tert-OH is 1. The first-order valence-corrected chi connectivity index (χ1v) is 12.2. The molecule has 3 aromatic rings. The van der Waals surface area contributed by atoms with Crippen molar-refractivity contribution in [1.82, 2.24) is 29.9 Å². The average molecular weight is 466 g/mol. The van der Waals surface area contributed by atoms with E-state index in [4.69, 9.17) is 9.72 Å². The Morgan fingerprint density at radius 3 is 2.82 bits per heavy atom. The summed E-state index contributed by atoms with van der Waals surface area (Å²) in [6.07, 6.45) is 11.7. The average Bonchev–Trinajstić information content (AvgIpc) is 3.23. The molecule has 9 nitrogen and oxygen atoms in total. The van der Waals surface area contributed by atoms with E-state index in [1.165, 1.54) is 12.0 Å². The molecule has 0 amide bonds. The molecule has 1 saturated carbocycles. The van der Waals surface area contributed by atoms with Crippen LogP contribution in [0.1, 0.15) is 70.5 Å². The molecule has 0 radical (unpaired) electrons. The third-order valence-corrected chi connectivity index (χ3v) is 6.90. The number of aliphatic hydroxyl groups is 1. The second kappa shape index (κ2) is 8.78. The maximum atomic E-state index is 10.5. The van der Waals surface area contributed by atoms with Crippen molar-refractivity contribution in [1.29, 1.82) is 0 Å². The third kappa shape index (κ3) is 4.72. The van der Waals surface area contributed by atoms with E-state index in [1.807, 2.05) is 6.20 Å². The van der Waals surface area contributed by atoms with Crippen LogP contribution >= 0.6 is 0 Å². The van der Waals surface area contributed by atoms with Crippen LogP contribution in [0, 0.1) is 5.41 Å². The largest absolute Gasteiger partial charge is 0.471 e. The molecule has 0 saturated heterocycles. The molecule has 34 heavy (non-hydrogen) atoms. The molecule has 1 aliphatic carbocycles. The van der Waals surface area contributed by atoms with Gasteiger partial charge < -0.3 is 20.5 Å². The van der Waals surface area contributed by atoms with E-state index in [0.717, 1.165) is 37.1 Å². The fourth-order valence-electron chi connectivity index (χ4n) is 4.99. The van der Waals surface area contributed by atoms with Crippen LogP contribution in [0.5, 0.6) is 5.88 Å². The van der Waals surface area contributed by atoms with E-state index < -0.39 is 6.10 Å². The van der Waals surface area contributed by atoms with E-state index in [2.05, 4.69) is 52.7 Å². The van der Waals surface area contributed by atoms with Crippen molar-refractivity contribution in [2.45, 2.75) is 83.6 Å². The molecule has 4 heterocycles. The van der Waals surface area contributed by atoms with E-state index in [1.54, 1.807) is 30.0 Å². The number of pyridine rings is 1. The van der Waals surface area contributed by atoms with Crippen molar-refractivity contribution in [2.75, 3.05) is 11.9 Å². The first-order chi connectivity index (χ1) is 16.2. The molecule has 1 spiro atoms. The zero-order chi connectivity index (χ0) is 23.9. The van der Waals surface area contributed by atoms with Crippen LogP contribution in [0.25, 0.3) is 5.65 Å². The standard InChI is InChI=1S/C25H35N7O2/c1-16(33)20(30-21-22-31-29-15-32(22)9-8-26-21)14-27-19-12-25(6-5-7-25)34-23-18(19)10-17(13-28-23)11-24(2,3)4/h8-10,13,15-16,19-20,27,33H,5-7,11-12,14H2,1-4H3,(H,26,30)/t16?,19-,20?/m0/s1. The topological polar surface area (TPSA) is 109 Å². The Morgan fingerprint density at radius 1 is 1.29 bits per heavy atom. The number of rotatable bonds is 7. The van der Waals surface area contributed by atoms with Crippen molar-refractivity contribution in [2.24, 2.45) is 5.41 Å². The van der Waals surface area contributed by atoms with Crippen LogP contribution in [0.3, 0.4) is 0 Å². The lowest BCUT2D eigenvalue weighted by Gasteiger charge is -2.47. The van der Waals surface area contributed by atoms with Gasteiger partial charge in [-0.3, -0.25) is 4.40 Å². The number of anilines is 1. The monoisotopic (exact) mass is 465 g/mol. The van der Waals surface area contributed by atoms with E-state index in [9.17, 15) is 5.11 Å². The molecule has 5 rings (SSSR count). The minimum atomic E-state index is -0.597. The van der Waals surface area contributed by atoms with E-state index >= 15 is 0 Å². The van der Waals surface area contributed by atoms with Crippen molar-refractivity contribution >= 4 is 11.5 Å². The highest BCUT2D eigenvalue weighted by Crippen LogP contribution is 2.48. The Labute approximate surface area is 200 Å². The predicted molar refractivity (Wildman–Crippen MR) is 130 cm³/mol. The maximum absolute atomic E-state index is 10.5. The fourth-order valence-corrected chi connectivity index (χ4v) is 4.99. The van der Waals surface area contributed by atoms with Crippen molar-refractivity contribution in [3.05, 3.63) is 42.1 Å². The van der Waals surface area contributed by atoms with E-state index in [-0.39, 0.29) is 23.1 Å². The Morgan fingerprint density at radius 2 is 2.12 bits per heavy atom. The van der Waals surface area contributed by atoms with Crippen LogP contribution in [0.15, 0.2) is 31.0 Å². The van der Waals surface area contributed by atoms with Gasteiger partial charge in [-0.15, -0.1) is 10.2 Å². The summed E-state index contributed by atoms with van der Waals surface area (Å²) < 4.78 is 8.22. The quantitative estimate of drug-likeness (QED) is 0.488. The summed E-state index contributed by atoms with van der Waals surface area (Å²) in [5.74, 6) is 1.35. The lowest BCUT2D eigenvalue weighted by molar-refractivity contribution is -0.0411. The highest BCUT2D eigenvalue weighted by molar-refractivity contribution is 5.61. The normalized spacial score (nSPS) is 20.9. The lowest BCUT2D eigenvalue weighted by Crippen LogP contribution is -2.51. The van der Waals surface area contributed by atoms with Gasteiger partial charge in [0.15, 0.2) is 5.82 Å². The smallest absolute Gasteiger partial charge is 0.218 e. The highest BCUT2D eigenvalue weighted by atomic mass is 16.5.